The molecule has 0 aromatic heterocycles. The maximum atomic E-state index is 9.46. The number of rotatable bonds is 1. The quantitative estimate of drug-likeness (QED) is 0.749. The third kappa shape index (κ3) is 1.95. The molecule has 1 aliphatic heterocycles. The Morgan fingerprint density at radius 2 is 2.33 bits per heavy atom. The zero-order valence-corrected chi connectivity index (χ0v) is 8.77. The molecule has 0 radical (unpaired) electrons. The van der Waals surface area contributed by atoms with E-state index in [0.29, 0.717) is 12.1 Å². The van der Waals surface area contributed by atoms with E-state index in [1.54, 1.807) is 0 Å². The van der Waals surface area contributed by atoms with E-state index in [1.165, 1.54) is 0 Å². The van der Waals surface area contributed by atoms with Crippen LogP contribution in [0.2, 0.25) is 0 Å². The van der Waals surface area contributed by atoms with E-state index in [9.17, 15) is 5.11 Å². The molecule has 2 rings (SSSR count). The first-order chi connectivity index (χ1) is 7.20. The molecule has 1 N–H and O–H groups in total. The smallest absolute Gasteiger partial charge is 0.0991 e. The van der Waals surface area contributed by atoms with Crippen molar-refractivity contribution in [2.24, 2.45) is 0 Å². The molecule has 1 fully saturated rings. The van der Waals surface area contributed by atoms with Gasteiger partial charge in [-0.3, -0.25) is 0 Å². The lowest BCUT2D eigenvalue weighted by Gasteiger charge is -2.20. The topological polar surface area (TPSA) is 47.3 Å². The van der Waals surface area contributed by atoms with Crippen LogP contribution in [0.3, 0.4) is 0 Å². The molecule has 1 aliphatic rings. The summed E-state index contributed by atoms with van der Waals surface area (Å²) in [5.74, 6) is 0. The second-order valence-corrected chi connectivity index (χ2v) is 4.00. The molecule has 0 unspecified atom stereocenters. The zero-order valence-electron chi connectivity index (χ0n) is 8.77. The van der Waals surface area contributed by atoms with Crippen molar-refractivity contribution in [3.05, 3.63) is 29.3 Å². The minimum absolute atomic E-state index is 0.208. The normalized spacial score (nSPS) is 20.3. The SMILES string of the molecule is Cc1cc(C#N)ccc1N1CC[C@H](O)C1. The summed E-state index contributed by atoms with van der Waals surface area (Å²) in [7, 11) is 0. The Bertz CT molecular complexity index is 409. The molecule has 1 aromatic carbocycles. The van der Waals surface area contributed by atoms with Crippen molar-refractivity contribution in [1.29, 1.82) is 5.26 Å². The number of aryl methyl sites for hydroxylation is 1. The van der Waals surface area contributed by atoms with Crippen LogP contribution in [0.15, 0.2) is 18.2 Å². The van der Waals surface area contributed by atoms with Crippen LogP contribution in [0.5, 0.6) is 0 Å². The van der Waals surface area contributed by atoms with Gasteiger partial charge in [0.25, 0.3) is 0 Å². The summed E-state index contributed by atoms with van der Waals surface area (Å²) < 4.78 is 0. The molecular formula is C12H14N2O. The maximum absolute atomic E-state index is 9.46. The monoisotopic (exact) mass is 202 g/mol. The van der Waals surface area contributed by atoms with Crippen molar-refractivity contribution >= 4 is 5.69 Å². The fraction of sp³-hybridized carbons (Fsp3) is 0.417. The van der Waals surface area contributed by atoms with Gasteiger partial charge in [0.1, 0.15) is 0 Å². The molecule has 0 saturated carbocycles. The fourth-order valence-electron chi connectivity index (χ4n) is 2.04. The molecule has 0 bridgehead atoms. The average molecular weight is 202 g/mol. The Morgan fingerprint density at radius 3 is 2.87 bits per heavy atom. The van der Waals surface area contributed by atoms with Gasteiger partial charge in [-0.25, -0.2) is 0 Å². The predicted octanol–water partition coefficient (Wildman–Crippen LogP) is 1.44. The first-order valence-electron chi connectivity index (χ1n) is 5.14. The number of hydrogen-bond donors (Lipinski definition) is 1. The summed E-state index contributed by atoms with van der Waals surface area (Å²) in [6, 6.07) is 7.81. The van der Waals surface area contributed by atoms with Crippen LogP contribution in [-0.4, -0.2) is 24.3 Å². The van der Waals surface area contributed by atoms with Crippen LogP contribution in [0.25, 0.3) is 0 Å². The van der Waals surface area contributed by atoms with Crippen LogP contribution >= 0.6 is 0 Å². The van der Waals surface area contributed by atoms with Gasteiger partial charge in [-0.15, -0.1) is 0 Å². The van der Waals surface area contributed by atoms with E-state index in [2.05, 4.69) is 11.0 Å². The third-order valence-electron chi connectivity index (χ3n) is 2.83. The van der Waals surface area contributed by atoms with Gasteiger partial charge in [0.05, 0.1) is 17.7 Å². The Labute approximate surface area is 89.6 Å². The molecule has 1 aromatic rings. The number of aliphatic hydroxyl groups excluding tert-OH is 1. The van der Waals surface area contributed by atoms with Crippen molar-refractivity contribution in [2.75, 3.05) is 18.0 Å². The number of anilines is 1. The number of nitriles is 1. The molecule has 0 spiro atoms. The molecule has 3 nitrogen and oxygen atoms in total. The number of aliphatic hydroxyl groups is 1. The van der Waals surface area contributed by atoms with Crippen LogP contribution in [-0.2, 0) is 0 Å². The van der Waals surface area contributed by atoms with Crippen molar-refractivity contribution < 1.29 is 5.11 Å². The van der Waals surface area contributed by atoms with Gasteiger partial charge in [-0.2, -0.15) is 5.26 Å². The van der Waals surface area contributed by atoms with Gasteiger partial charge >= 0.3 is 0 Å². The largest absolute Gasteiger partial charge is 0.391 e. The average Bonchev–Trinajstić information content (AvgIpc) is 2.64. The summed E-state index contributed by atoms with van der Waals surface area (Å²) in [5.41, 5.74) is 2.92. The molecule has 3 heteroatoms. The van der Waals surface area contributed by atoms with Gasteiger partial charge in [0, 0.05) is 18.8 Å². The van der Waals surface area contributed by atoms with Gasteiger partial charge in [0.2, 0.25) is 0 Å². The second-order valence-electron chi connectivity index (χ2n) is 4.00. The minimum atomic E-state index is -0.208. The number of nitrogens with zero attached hydrogens (tertiary/aromatic N) is 2. The first kappa shape index (κ1) is 10.0. The van der Waals surface area contributed by atoms with E-state index in [0.717, 1.165) is 24.2 Å². The number of benzene rings is 1. The maximum Gasteiger partial charge on any atom is 0.0991 e. The lowest BCUT2D eigenvalue weighted by molar-refractivity contribution is 0.198. The van der Waals surface area contributed by atoms with Crippen molar-refractivity contribution in [2.45, 2.75) is 19.4 Å². The van der Waals surface area contributed by atoms with Gasteiger partial charge in [0.15, 0.2) is 0 Å². The standard InChI is InChI=1S/C12H14N2O/c1-9-6-10(7-13)2-3-12(9)14-5-4-11(15)8-14/h2-3,6,11,15H,4-5,8H2,1H3/t11-/m0/s1. The van der Waals surface area contributed by atoms with E-state index in [4.69, 9.17) is 5.26 Å². The van der Waals surface area contributed by atoms with Gasteiger partial charge < -0.3 is 10.0 Å². The highest BCUT2D eigenvalue weighted by molar-refractivity contribution is 5.56. The van der Waals surface area contributed by atoms with Crippen LogP contribution in [0.1, 0.15) is 17.5 Å². The van der Waals surface area contributed by atoms with E-state index >= 15 is 0 Å². The Hall–Kier alpha value is -1.53. The highest BCUT2D eigenvalue weighted by Gasteiger charge is 2.21. The molecular weight excluding hydrogens is 188 g/mol. The van der Waals surface area contributed by atoms with Gasteiger partial charge in [-0.05, 0) is 37.1 Å². The highest BCUT2D eigenvalue weighted by atomic mass is 16.3. The zero-order chi connectivity index (χ0) is 10.8. The summed E-state index contributed by atoms with van der Waals surface area (Å²) >= 11 is 0. The summed E-state index contributed by atoms with van der Waals surface area (Å²) in [6.07, 6.45) is 0.624. The fourth-order valence-corrected chi connectivity index (χ4v) is 2.04. The number of hydrogen-bond acceptors (Lipinski definition) is 3. The molecule has 1 heterocycles. The predicted molar refractivity (Wildman–Crippen MR) is 58.7 cm³/mol. The van der Waals surface area contributed by atoms with E-state index in [-0.39, 0.29) is 6.10 Å². The summed E-state index contributed by atoms with van der Waals surface area (Å²) in [6.45, 7) is 3.60. The summed E-state index contributed by atoms with van der Waals surface area (Å²) in [4.78, 5) is 2.17. The first-order valence-corrected chi connectivity index (χ1v) is 5.14. The summed E-state index contributed by atoms with van der Waals surface area (Å²) in [5, 5.41) is 18.2. The Kier molecular flexibility index (Phi) is 2.61. The van der Waals surface area contributed by atoms with Crippen LogP contribution in [0.4, 0.5) is 5.69 Å². The molecule has 1 saturated heterocycles. The highest BCUT2D eigenvalue weighted by Crippen LogP contribution is 2.24. The lowest BCUT2D eigenvalue weighted by atomic mass is 10.1. The van der Waals surface area contributed by atoms with E-state index < -0.39 is 0 Å². The third-order valence-corrected chi connectivity index (χ3v) is 2.83. The molecule has 0 amide bonds. The van der Waals surface area contributed by atoms with Gasteiger partial charge in [-0.1, -0.05) is 0 Å². The van der Waals surface area contributed by atoms with Crippen molar-refractivity contribution in [1.82, 2.24) is 0 Å². The van der Waals surface area contributed by atoms with Crippen LogP contribution in [0, 0.1) is 18.3 Å². The molecule has 0 aliphatic carbocycles. The Balaban J connectivity index is 2.26. The molecule has 1 atom stereocenters. The minimum Gasteiger partial charge on any atom is -0.391 e. The van der Waals surface area contributed by atoms with E-state index in [1.807, 2.05) is 25.1 Å². The second kappa shape index (κ2) is 3.92. The van der Waals surface area contributed by atoms with Crippen molar-refractivity contribution in [3.8, 4) is 6.07 Å². The number of β-amino-alcohol motifs (C(OH)–C–C–N with tert-alkyl or cyclic N) is 1. The molecule has 15 heavy (non-hydrogen) atoms. The lowest BCUT2D eigenvalue weighted by Crippen LogP contribution is -2.21. The van der Waals surface area contributed by atoms with Crippen molar-refractivity contribution in [3.63, 3.8) is 0 Å². The molecule has 78 valence electrons. The van der Waals surface area contributed by atoms with Crippen LogP contribution < -0.4 is 4.90 Å². The Morgan fingerprint density at radius 1 is 1.53 bits per heavy atom.